The number of nitrogens with zero attached hydrogens (tertiary/aromatic N) is 2. The highest BCUT2D eigenvalue weighted by Gasteiger charge is 2.43. The van der Waals surface area contributed by atoms with Crippen LogP contribution in [-0.2, 0) is 4.74 Å². The average molecular weight is 211 g/mol. The van der Waals surface area contributed by atoms with Crippen molar-refractivity contribution < 1.29 is 20.1 Å². The van der Waals surface area contributed by atoms with E-state index in [1.165, 1.54) is 6.20 Å². The normalized spacial score (nSPS) is 35.7. The third-order valence-corrected chi connectivity index (χ3v) is 2.39. The lowest BCUT2D eigenvalue weighted by molar-refractivity contribution is -0.0239. The molecule has 1 saturated heterocycles. The van der Waals surface area contributed by atoms with E-state index in [-0.39, 0.29) is 6.61 Å². The van der Waals surface area contributed by atoms with Crippen LogP contribution in [0.15, 0.2) is 12.3 Å². The SMILES string of the molecule is OC[C@H]1OC(c2ccn[c]n2)[C@H](O)[C@@H]1O. The summed E-state index contributed by atoms with van der Waals surface area (Å²) < 4.78 is 5.26. The Morgan fingerprint density at radius 2 is 2.20 bits per heavy atom. The van der Waals surface area contributed by atoms with Gasteiger partial charge in [0.1, 0.15) is 24.4 Å². The molecule has 4 atom stereocenters. The van der Waals surface area contributed by atoms with E-state index in [2.05, 4.69) is 16.3 Å². The molecule has 6 nitrogen and oxygen atoms in total. The zero-order valence-electron chi connectivity index (χ0n) is 7.82. The maximum absolute atomic E-state index is 9.65. The van der Waals surface area contributed by atoms with Gasteiger partial charge in [-0.1, -0.05) is 0 Å². The lowest BCUT2D eigenvalue weighted by Gasteiger charge is -2.12. The van der Waals surface area contributed by atoms with Crippen molar-refractivity contribution >= 4 is 0 Å². The first-order chi connectivity index (χ1) is 7.24. The van der Waals surface area contributed by atoms with E-state index in [0.29, 0.717) is 5.69 Å². The number of hydrogen-bond acceptors (Lipinski definition) is 6. The van der Waals surface area contributed by atoms with Crippen LogP contribution in [0.1, 0.15) is 11.8 Å². The molecule has 81 valence electrons. The van der Waals surface area contributed by atoms with Crippen molar-refractivity contribution in [3.05, 3.63) is 24.3 Å². The summed E-state index contributed by atoms with van der Waals surface area (Å²) in [6, 6.07) is 1.57. The summed E-state index contributed by atoms with van der Waals surface area (Å²) in [5.74, 6) is 0. The third-order valence-electron chi connectivity index (χ3n) is 2.39. The molecule has 1 aliphatic rings. The molecule has 0 bridgehead atoms. The smallest absolute Gasteiger partial charge is 0.198 e. The molecule has 1 aliphatic heterocycles. The molecule has 1 unspecified atom stereocenters. The van der Waals surface area contributed by atoms with Crippen LogP contribution < -0.4 is 0 Å². The van der Waals surface area contributed by atoms with Gasteiger partial charge >= 0.3 is 0 Å². The molecule has 6 heteroatoms. The number of aliphatic hydroxyl groups excluding tert-OH is 3. The van der Waals surface area contributed by atoms with Crippen LogP contribution in [0.2, 0.25) is 0 Å². The Labute approximate surface area is 86.2 Å². The Hall–Kier alpha value is -1.08. The summed E-state index contributed by atoms with van der Waals surface area (Å²) in [6.07, 6.45) is 0.129. The maximum Gasteiger partial charge on any atom is 0.198 e. The first-order valence-electron chi connectivity index (χ1n) is 4.55. The molecule has 1 aromatic rings. The molecule has 3 N–H and O–H groups in total. The molecular formula is C9H11N2O4. The van der Waals surface area contributed by atoms with Crippen LogP contribution in [0.25, 0.3) is 0 Å². The van der Waals surface area contributed by atoms with Gasteiger partial charge in [0.25, 0.3) is 0 Å². The van der Waals surface area contributed by atoms with Gasteiger partial charge in [-0.2, -0.15) is 0 Å². The standard InChI is InChI=1S/C9H11N2O4/c12-3-6-7(13)8(14)9(15-6)5-1-2-10-4-11-5/h1-2,6-9,12-14H,3H2/t6-,7-,8-,9?/m1/s1. The van der Waals surface area contributed by atoms with Crippen molar-refractivity contribution in [1.82, 2.24) is 9.97 Å². The molecule has 0 aromatic carbocycles. The summed E-state index contributed by atoms with van der Waals surface area (Å²) >= 11 is 0. The van der Waals surface area contributed by atoms with Crippen LogP contribution in [0.5, 0.6) is 0 Å². The Kier molecular flexibility index (Phi) is 2.92. The summed E-state index contributed by atoms with van der Waals surface area (Å²) in [5, 5.41) is 28.0. The van der Waals surface area contributed by atoms with Crippen molar-refractivity contribution in [3.63, 3.8) is 0 Å². The highest BCUT2D eigenvalue weighted by atomic mass is 16.6. The molecule has 15 heavy (non-hydrogen) atoms. The maximum atomic E-state index is 9.65. The molecule has 1 radical (unpaired) electrons. The van der Waals surface area contributed by atoms with E-state index in [0.717, 1.165) is 0 Å². The van der Waals surface area contributed by atoms with E-state index >= 15 is 0 Å². The van der Waals surface area contributed by atoms with Crippen LogP contribution in [-0.4, -0.2) is 50.2 Å². The predicted molar refractivity (Wildman–Crippen MR) is 47.6 cm³/mol. The largest absolute Gasteiger partial charge is 0.394 e. The van der Waals surface area contributed by atoms with E-state index < -0.39 is 24.4 Å². The van der Waals surface area contributed by atoms with Crippen molar-refractivity contribution in [2.75, 3.05) is 6.61 Å². The first kappa shape index (κ1) is 10.4. The van der Waals surface area contributed by atoms with Gasteiger partial charge in [-0.25, -0.2) is 9.97 Å². The highest BCUT2D eigenvalue weighted by Crippen LogP contribution is 2.31. The number of rotatable bonds is 2. The van der Waals surface area contributed by atoms with Gasteiger partial charge < -0.3 is 20.1 Å². The minimum absolute atomic E-state index is 0.344. The minimum atomic E-state index is -1.10. The van der Waals surface area contributed by atoms with E-state index in [1.54, 1.807) is 6.07 Å². The fourth-order valence-electron chi connectivity index (χ4n) is 1.57. The number of aromatic nitrogens is 2. The average Bonchev–Trinajstić information content (AvgIpc) is 2.57. The van der Waals surface area contributed by atoms with Crippen LogP contribution in [0, 0.1) is 6.33 Å². The van der Waals surface area contributed by atoms with E-state index in [9.17, 15) is 10.2 Å². The fraction of sp³-hybridized carbons (Fsp3) is 0.556. The van der Waals surface area contributed by atoms with Crippen molar-refractivity contribution in [1.29, 1.82) is 0 Å². The number of ether oxygens (including phenoxy) is 1. The van der Waals surface area contributed by atoms with Crippen molar-refractivity contribution in [2.24, 2.45) is 0 Å². The summed E-state index contributed by atoms with van der Waals surface area (Å²) in [4.78, 5) is 7.42. The monoisotopic (exact) mass is 211 g/mol. The summed E-state index contributed by atoms with van der Waals surface area (Å²) in [7, 11) is 0. The molecule has 0 saturated carbocycles. The van der Waals surface area contributed by atoms with Gasteiger partial charge in [-0.05, 0) is 6.07 Å². The van der Waals surface area contributed by atoms with Gasteiger partial charge in [-0.3, -0.25) is 0 Å². The van der Waals surface area contributed by atoms with Crippen molar-refractivity contribution in [3.8, 4) is 0 Å². The van der Waals surface area contributed by atoms with Crippen LogP contribution >= 0.6 is 0 Å². The summed E-state index contributed by atoms with van der Waals surface area (Å²) in [5.41, 5.74) is 0.438. The Morgan fingerprint density at radius 3 is 2.73 bits per heavy atom. The Morgan fingerprint density at radius 1 is 1.40 bits per heavy atom. The predicted octanol–water partition coefficient (Wildman–Crippen LogP) is -1.57. The highest BCUT2D eigenvalue weighted by molar-refractivity contribution is 5.08. The van der Waals surface area contributed by atoms with Gasteiger partial charge in [0.05, 0.1) is 12.3 Å². The molecule has 0 spiro atoms. The van der Waals surface area contributed by atoms with Gasteiger partial charge in [0.2, 0.25) is 0 Å². The molecule has 0 aliphatic carbocycles. The van der Waals surface area contributed by atoms with Crippen LogP contribution in [0.4, 0.5) is 0 Å². The molecular weight excluding hydrogens is 200 g/mol. The van der Waals surface area contributed by atoms with Gasteiger partial charge in [-0.15, -0.1) is 0 Å². The number of hydrogen-bond donors (Lipinski definition) is 3. The topological polar surface area (TPSA) is 95.7 Å². The minimum Gasteiger partial charge on any atom is -0.394 e. The molecule has 2 heterocycles. The van der Waals surface area contributed by atoms with E-state index in [1.807, 2.05) is 0 Å². The molecule has 0 amide bonds. The second-order valence-electron chi connectivity index (χ2n) is 3.34. The molecule has 2 rings (SSSR count). The van der Waals surface area contributed by atoms with Gasteiger partial charge in [0.15, 0.2) is 6.33 Å². The zero-order chi connectivity index (χ0) is 10.8. The summed E-state index contributed by atoms with van der Waals surface area (Å²) in [6.45, 7) is -0.344. The van der Waals surface area contributed by atoms with Crippen LogP contribution in [0.3, 0.4) is 0 Å². The second-order valence-corrected chi connectivity index (χ2v) is 3.34. The third kappa shape index (κ3) is 1.84. The quantitative estimate of drug-likeness (QED) is 0.547. The van der Waals surface area contributed by atoms with Crippen molar-refractivity contribution in [2.45, 2.75) is 24.4 Å². The first-order valence-corrected chi connectivity index (χ1v) is 4.55. The van der Waals surface area contributed by atoms with Gasteiger partial charge in [0, 0.05) is 6.20 Å². The van der Waals surface area contributed by atoms with E-state index in [4.69, 9.17) is 9.84 Å². The molecule has 1 fully saturated rings. The second kappa shape index (κ2) is 4.19. The lowest BCUT2D eigenvalue weighted by Crippen LogP contribution is -2.32. The zero-order valence-corrected chi connectivity index (χ0v) is 7.82. The Balaban J connectivity index is 2.19. The molecule has 1 aromatic heterocycles. The lowest BCUT2D eigenvalue weighted by atomic mass is 10.1. The number of aliphatic hydroxyl groups is 3. The fourth-order valence-corrected chi connectivity index (χ4v) is 1.57. The Bertz CT molecular complexity index is 321.